The minimum Gasteiger partial charge on any atom is -0.356 e. The van der Waals surface area contributed by atoms with Gasteiger partial charge in [-0.15, -0.1) is 22.7 Å². The third-order valence-corrected chi connectivity index (χ3v) is 4.99. The van der Waals surface area contributed by atoms with Crippen molar-refractivity contribution in [3.8, 4) is 0 Å². The molecule has 0 aromatic carbocycles. The van der Waals surface area contributed by atoms with Gasteiger partial charge in [0.25, 0.3) is 0 Å². The number of rotatable bonds is 6. The van der Waals surface area contributed by atoms with Crippen molar-refractivity contribution in [3.05, 3.63) is 43.7 Å². The van der Waals surface area contributed by atoms with Crippen LogP contribution in [0.3, 0.4) is 0 Å². The molecule has 0 spiro atoms. The lowest BCUT2D eigenvalue weighted by Crippen LogP contribution is -2.39. The average molecular weight is 328 g/mol. The van der Waals surface area contributed by atoms with Crippen molar-refractivity contribution in [2.45, 2.75) is 12.8 Å². The molecule has 2 aromatic heterocycles. The minimum atomic E-state index is 0.846. The molecule has 0 saturated carbocycles. The third kappa shape index (κ3) is 5.15. The first kappa shape index (κ1) is 15.4. The highest BCUT2D eigenvalue weighted by Gasteiger charge is 2.00. The Balaban J connectivity index is 1.65. The van der Waals surface area contributed by atoms with Gasteiger partial charge in [0.15, 0.2) is 5.96 Å². The standard InChI is InChI=1S/C14H18ClN3S2/c1-16-14(17-8-6-11-3-2-10-19-11)18-9-7-12-4-5-13(15)20-12/h2-5,10H,6-9H2,1H3,(H2,16,17,18). The Morgan fingerprint density at radius 3 is 2.45 bits per heavy atom. The van der Waals surface area contributed by atoms with E-state index in [-0.39, 0.29) is 0 Å². The van der Waals surface area contributed by atoms with E-state index in [0.717, 1.165) is 36.2 Å². The zero-order chi connectivity index (χ0) is 14.2. The van der Waals surface area contributed by atoms with Gasteiger partial charge < -0.3 is 10.6 Å². The normalized spacial score (nSPS) is 11.6. The van der Waals surface area contributed by atoms with Crippen molar-refractivity contribution in [3.63, 3.8) is 0 Å². The molecular formula is C14H18ClN3S2. The predicted octanol–water partition coefficient (Wildman–Crippen LogP) is 3.41. The molecule has 0 aliphatic rings. The number of nitrogens with one attached hydrogen (secondary N) is 2. The maximum absolute atomic E-state index is 5.91. The summed E-state index contributed by atoms with van der Waals surface area (Å²) in [5.74, 6) is 0.851. The summed E-state index contributed by atoms with van der Waals surface area (Å²) in [4.78, 5) is 6.90. The molecular weight excluding hydrogens is 310 g/mol. The first-order valence-corrected chi connectivity index (χ1v) is 8.56. The van der Waals surface area contributed by atoms with E-state index >= 15 is 0 Å². The number of halogens is 1. The number of aliphatic imine (C=N–C) groups is 1. The third-order valence-electron chi connectivity index (χ3n) is 2.76. The second-order valence-electron chi connectivity index (χ2n) is 4.21. The Kier molecular flexibility index (Phi) is 6.36. The van der Waals surface area contributed by atoms with Gasteiger partial charge in [-0.1, -0.05) is 17.7 Å². The van der Waals surface area contributed by atoms with E-state index in [1.165, 1.54) is 9.75 Å². The summed E-state index contributed by atoms with van der Waals surface area (Å²) in [7, 11) is 1.79. The molecule has 6 heteroatoms. The van der Waals surface area contributed by atoms with Crippen molar-refractivity contribution in [2.24, 2.45) is 4.99 Å². The summed E-state index contributed by atoms with van der Waals surface area (Å²) in [6.07, 6.45) is 1.99. The fourth-order valence-electron chi connectivity index (χ4n) is 1.77. The van der Waals surface area contributed by atoms with Crippen LogP contribution in [0.15, 0.2) is 34.6 Å². The smallest absolute Gasteiger partial charge is 0.190 e. The van der Waals surface area contributed by atoms with Crippen LogP contribution < -0.4 is 10.6 Å². The van der Waals surface area contributed by atoms with Gasteiger partial charge in [0, 0.05) is 29.9 Å². The molecule has 2 heterocycles. The van der Waals surface area contributed by atoms with Crippen molar-refractivity contribution >= 4 is 40.2 Å². The fraction of sp³-hybridized carbons (Fsp3) is 0.357. The van der Waals surface area contributed by atoms with Gasteiger partial charge >= 0.3 is 0 Å². The highest BCUT2D eigenvalue weighted by Crippen LogP contribution is 2.21. The van der Waals surface area contributed by atoms with Crippen LogP contribution in [0.2, 0.25) is 4.34 Å². The van der Waals surface area contributed by atoms with Gasteiger partial charge in [-0.3, -0.25) is 4.99 Å². The Morgan fingerprint density at radius 2 is 1.90 bits per heavy atom. The molecule has 108 valence electrons. The van der Waals surface area contributed by atoms with Crippen LogP contribution in [0.1, 0.15) is 9.75 Å². The summed E-state index contributed by atoms with van der Waals surface area (Å²) >= 11 is 9.33. The highest BCUT2D eigenvalue weighted by atomic mass is 35.5. The molecule has 0 radical (unpaired) electrons. The summed E-state index contributed by atoms with van der Waals surface area (Å²) in [5.41, 5.74) is 0. The fourth-order valence-corrected chi connectivity index (χ4v) is 3.57. The van der Waals surface area contributed by atoms with Crippen LogP contribution in [-0.2, 0) is 12.8 Å². The quantitative estimate of drug-likeness (QED) is 0.630. The molecule has 2 N–H and O–H groups in total. The van der Waals surface area contributed by atoms with E-state index in [1.807, 2.05) is 6.07 Å². The first-order chi connectivity index (χ1) is 9.78. The van der Waals surface area contributed by atoms with Gasteiger partial charge in [-0.25, -0.2) is 0 Å². The molecule has 2 aromatic rings. The summed E-state index contributed by atoms with van der Waals surface area (Å²) in [5, 5.41) is 8.74. The first-order valence-electron chi connectivity index (χ1n) is 6.49. The predicted molar refractivity (Wildman–Crippen MR) is 90.4 cm³/mol. The second kappa shape index (κ2) is 8.29. The van der Waals surface area contributed by atoms with Crippen LogP contribution in [0.25, 0.3) is 0 Å². The van der Waals surface area contributed by atoms with Crippen LogP contribution >= 0.6 is 34.3 Å². The molecule has 0 unspecified atom stereocenters. The maximum Gasteiger partial charge on any atom is 0.190 e. The summed E-state index contributed by atoms with van der Waals surface area (Å²) < 4.78 is 0.846. The van der Waals surface area contributed by atoms with Crippen molar-refractivity contribution < 1.29 is 0 Å². The monoisotopic (exact) mass is 327 g/mol. The summed E-state index contributed by atoms with van der Waals surface area (Å²) in [6, 6.07) is 8.25. The van der Waals surface area contributed by atoms with Crippen LogP contribution in [-0.4, -0.2) is 26.1 Å². The highest BCUT2D eigenvalue weighted by molar-refractivity contribution is 7.16. The van der Waals surface area contributed by atoms with Crippen molar-refractivity contribution in [1.82, 2.24) is 10.6 Å². The largest absolute Gasteiger partial charge is 0.356 e. The lowest BCUT2D eigenvalue weighted by Gasteiger charge is -2.10. The van der Waals surface area contributed by atoms with Gasteiger partial charge in [0.05, 0.1) is 4.34 Å². The average Bonchev–Trinajstić information content (AvgIpc) is 3.09. The maximum atomic E-state index is 5.91. The van der Waals surface area contributed by atoms with Crippen LogP contribution in [0.4, 0.5) is 0 Å². The topological polar surface area (TPSA) is 36.4 Å². The van der Waals surface area contributed by atoms with Crippen LogP contribution in [0, 0.1) is 0 Å². The lowest BCUT2D eigenvalue weighted by atomic mass is 10.3. The van der Waals surface area contributed by atoms with Gasteiger partial charge in [-0.05, 0) is 36.4 Å². The van der Waals surface area contributed by atoms with Gasteiger partial charge in [-0.2, -0.15) is 0 Å². The molecule has 0 amide bonds. The Hall–Kier alpha value is -1.04. The SMILES string of the molecule is CN=C(NCCc1cccs1)NCCc1ccc(Cl)s1. The van der Waals surface area contributed by atoms with Crippen molar-refractivity contribution in [2.75, 3.05) is 20.1 Å². The van der Waals surface area contributed by atoms with Gasteiger partial charge in [0.1, 0.15) is 0 Å². The van der Waals surface area contributed by atoms with Crippen LogP contribution in [0.5, 0.6) is 0 Å². The molecule has 2 rings (SSSR count). The lowest BCUT2D eigenvalue weighted by molar-refractivity contribution is 0.791. The number of nitrogens with zero attached hydrogens (tertiary/aromatic N) is 1. The molecule has 20 heavy (non-hydrogen) atoms. The van der Waals surface area contributed by atoms with E-state index in [4.69, 9.17) is 11.6 Å². The second-order valence-corrected chi connectivity index (χ2v) is 7.04. The van der Waals surface area contributed by atoms with E-state index in [1.54, 1.807) is 29.7 Å². The molecule has 0 aliphatic heterocycles. The Bertz CT molecular complexity index is 534. The number of guanidine groups is 1. The molecule has 0 bridgehead atoms. The molecule has 0 fully saturated rings. The number of thiophene rings is 2. The molecule has 0 aliphatic carbocycles. The van der Waals surface area contributed by atoms with Crippen molar-refractivity contribution in [1.29, 1.82) is 0 Å². The number of hydrogen-bond donors (Lipinski definition) is 2. The zero-order valence-corrected chi connectivity index (χ0v) is 13.7. The zero-order valence-electron chi connectivity index (χ0n) is 11.4. The molecule has 3 nitrogen and oxygen atoms in total. The molecule has 0 saturated heterocycles. The van der Waals surface area contributed by atoms with E-state index in [2.05, 4.69) is 39.2 Å². The van der Waals surface area contributed by atoms with E-state index in [9.17, 15) is 0 Å². The van der Waals surface area contributed by atoms with Gasteiger partial charge in [0.2, 0.25) is 0 Å². The minimum absolute atomic E-state index is 0.846. The Morgan fingerprint density at radius 1 is 1.15 bits per heavy atom. The number of hydrogen-bond acceptors (Lipinski definition) is 3. The van der Waals surface area contributed by atoms with E-state index < -0.39 is 0 Å². The van der Waals surface area contributed by atoms with E-state index in [0.29, 0.717) is 0 Å². The molecule has 0 atom stereocenters. The summed E-state index contributed by atoms with van der Waals surface area (Å²) in [6.45, 7) is 1.75. The Labute approximate surface area is 132 Å².